The van der Waals surface area contributed by atoms with Gasteiger partial charge in [-0.2, -0.15) is 0 Å². The van der Waals surface area contributed by atoms with Gasteiger partial charge in [-0.1, -0.05) is 145 Å². The number of ether oxygens (including phenoxy) is 2. The first-order valence-corrected chi connectivity index (χ1v) is 23.1. The Labute approximate surface area is 353 Å². The van der Waals surface area contributed by atoms with Gasteiger partial charge in [0.1, 0.15) is 12.6 Å². The minimum absolute atomic E-state index is 0.0804. The third-order valence-electron chi connectivity index (χ3n) is 9.10. The molecular weight excluding hydrogens is 781 g/mol. The molecule has 59 heavy (non-hydrogen) atoms. The predicted octanol–water partition coefficient (Wildman–Crippen LogP) is 8.08. The van der Waals surface area contributed by atoms with E-state index in [1.165, 1.54) is 31.8 Å². The molecule has 0 aliphatic heterocycles. The van der Waals surface area contributed by atoms with Crippen molar-refractivity contribution < 1.29 is 62.8 Å². The van der Waals surface area contributed by atoms with Crippen molar-refractivity contribution in [2.24, 2.45) is 5.73 Å². The molecule has 0 heterocycles. The molecular formula is C44H76NO13P. The molecule has 0 spiro atoms. The first kappa shape index (κ1) is 56.1. The van der Waals surface area contributed by atoms with Crippen LogP contribution in [0.15, 0.2) is 60.8 Å². The standard InChI is InChI=1S/C44H76NO13P/c1-3-5-7-8-9-10-11-12-13-14-15-16-17-22-26-32-43(50)58-38(35-56-59(53,54)57-36-39(45)44(51)52)34-55-42(49)33-27-31-41(48)40(47)30-25-21-19-18-20-24-29-37(46)28-23-6-4-2/h10-11,18-21,24-25,29-30,37-41,46-48H,3-9,12-17,22-23,26-28,31-36,45H2,1-2H3,(H,51,52)(H,53,54)/b11-10-,20-18-,21-19+,29-24+,30-25+/t37-,38-,39+,40-,41-/m1/s1. The van der Waals surface area contributed by atoms with Crippen LogP contribution in [-0.4, -0.2) is 93.5 Å². The number of aliphatic hydroxyl groups is 3. The first-order chi connectivity index (χ1) is 28.3. The molecule has 0 aromatic carbocycles. The van der Waals surface area contributed by atoms with Gasteiger partial charge in [0.2, 0.25) is 0 Å². The number of carboxylic acids is 1. The van der Waals surface area contributed by atoms with E-state index >= 15 is 0 Å². The summed E-state index contributed by atoms with van der Waals surface area (Å²) in [7, 11) is -4.80. The number of phosphoric ester groups is 1. The maximum absolute atomic E-state index is 12.6. The van der Waals surface area contributed by atoms with Crippen molar-refractivity contribution >= 4 is 25.7 Å². The highest BCUT2D eigenvalue weighted by molar-refractivity contribution is 7.47. The van der Waals surface area contributed by atoms with Crippen LogP contribution in [0.2, 0.25) is 0 Å². The van der Waals surface area contributed by atoms with E-state index in [0.29, 0.717) is 6.42 Å². The highest BCUT2D eigenvalue weighted by atomic mass is 31.2. The lowest BCUT2D eigenvalue weighted by Gasteiger charge is -2.20. The summed E-state index contributed by atoms with van der Waals surface area (Å²) in [5.41, 5.74) is 5.31. The summed E-state index contributed by atoms with van der Waals surface area (Å²) < 4.78 is 32.4. The monoisotopic (exact) mass is 858 g/mol. The van der Waals surface area contributed by atoms with Gasteiger partial charge in [-0.05, 0) is 51.4 Å². The Balaban J connectivity index is 4.71. The average molecular weight is 858 g/mol. The Kier molecular flexibility index (Phi) is 36.1. The van der Waals surface area contributed by atoms with Crippen molar-refractivity contribution in [3.05, 3.63) is 60.8 Å². The van der Waals surface area contributed by atoms with Crippen molar-refractivity contribution in [2.75, 3.05) is 19.8 Å². The summed E-state index contributed by atoms with van der Waals surface area (Å²) in [6.45, 7) is 2.32. The minimum Gasteiger partial charge on any atom is -0.480 e. The molecule has 340 valence electrons. The van der Waals surface area contributed by atoms with E-state index in [4.69, 9.17) is 24.8 Å². The Morgan fingerprint density at radius 2 is 1.15 bits per heavy atom. The number of carbonyl (C=O) groups is 3. The number of allylic oxidation sites excluding steroid dienone is 8. The second kappa shape index (κ2) is 38.0. The topological polar surface area (TPSA) is 232 Å². The van der Waals surface area contributed by atoms with Gasteiger partial charge >= 0.3 is 25.7 Å². The number of rotatable bonds is 39. The highest BCUT2D eigenvalue weighted by Gasteiger charge is 2.28. The van der Waals surface area contributed by atoms with E-state index in [1.54, 1.807) is 42.5 Å². The van der Waals surface area contributed by atoms with E-state index in [9.17, 15) is 39.2 Å². The number of hydrogen-bond donors (Lipinski definition) is 6. The Morgan fingerprint density at radius 1 is 0.627 bits per heavy atom. The second-order valence-corrected chi connectivity index (χ2v) is 16.1. The van der Waals surface area contributed by atoms with E-state index in [1.807, 2.05) is 0 Å². The molecule has 0 saturated heterocycles. The lowest BCUT2D eigenvalue weighted by atomic mass is 10.1. The zero-order chi connectivity index (χ0) is 44.0. The zero-order valence-electron chi connectivity index (χ0n) is 35.7. The summed E-state index contributed by atoms with van der Waals surface area (Å²) in [4.78, 5) is 46.0. The molecule has 0 aliphatic carbocycles. The lowest BCUT2D eigenvalue weighted by molar-refractivity contribution is -0.161. The van der Waals surface area contributed by atoms with Gasteiger partial charge in [0.25, 0.3) is 0 Å². The van der Waals surface area contributed by atoms with Crippen LogP contribution in [0.3, 0.4) is 0 Å². The van der Waals surface area contributed by atoms with E-state index in [2.05, 4.69) is 30.5 Å². The summed E-state index contributed by atoms with van der Waals surface area (Å²) in [5.74, 6) is -2.76. The molecule has 0 aliphatic rings. The number of unbranched alkanes of at least 4 members (excludes halogenated alkanes) is 13. The van der Waals surface area contributed by atoms with Gasteiger partial charge in [-0.15, -0.1) is 0 Å². The number of hydrogen-bond acceptors (Lipinski definition) is 12. The number of carboxylic acid groups (broad SMARTS) is 1. The normalized spacial score (nSPS) is 15.9. The third kappa shape index (κ3) is 36.6. The van der Waals surface area contributed by atoms with Crippen LogP contribution in [0.4, 0.5) is 0 Å². The number of nitrogens with two attached hydrogens (primary N) is 1. The number of esters is 2. The van der Waals surface area contributed by atoms with E-state index in [-0.39, 0.29) is 25.7 Å². The van der Waals surface area contributed by atoms with Gasteiger partial charge in [0.15, 0.2) is 6.10 Å². The van der Waals surface area contributed by atoms with Crippen LogP contribution in [0.25, 0.3) is 0 Å². The summed E-state index contributed by atoms with van der Waals surface area (Å²) in [6.07, 6.45) is 32.3. The molecule has 6 atom stereocenters. The molecule has 0 bridgehead atoms. The van der Waals surface area contributed by atoms with E-state index in [0.717, 1.165) is 77.0 Å². The van der Waals surface area contributed by atoms with Crippen molar-refractivity contribution in [3.63, 3.8) is 0 Å². The maximum atomic E-state index is 12.6. The van der Waals surface area contributed by atoms with Gasteiger partial charge in [0, 0.05) is 12.8 Å². The number of aliphatic carboxylic acids is 1. The number of carbonyl (C=O) groups excluding carboxylic acids is 2. The predicted molar refractivity (Wildman–Crippen MR) is 230 cm³/mol. The first-order valence-electron chi connectivity index (χ1n) is 21.6. The zero-order valence-corrected chi connectivity index (χ0v) is 36.6. The summed E-state index contributed by atoms with van der Waals surface area (Å²) in [5, 5.41) is 39.3. The van der Waals surface area contributed by atoms with Crippen molar-refractivity contribution in [3.8, 4) is 0 Å². The smallest absolute Gasteiger partial charge is 0.472 e. The fraction of sp³-hybridized carbons (Fsp3) is 0.705. The number of aliphatic hydroxyl groups excluding tert-OH is 3. The average Bonchev–Trinajstić information content (AvgIpc) is 3.20. The highest BCUT2D eigenvalue weighted by Crippen LogP contribution is 2.43. The van der Waals surface area contributed by atoms with Crippen LogP contribution in [0.1, 0.15) is 149 Å². The number of phosphoric acid groups is 1. The van der Waals surface area contributed by atoms with Crippen LogP contribution in [0.5, 0.6) is 0 Å². The van der Waals surface area contributed by atoms with Crippen LogP contribution >= 0.6 is 7.82 Å². The van der Waals surface area contributed by atoms with Crippen molar-refractivity contribution in [1.82, 2.24) is 0 Å². The van der Waals surface area contributed by atoms with Gasteiger partial charge < -0.3 is 40.5 Å². The maximum Gasteiger partial charge on any atom is 0.472 e. The SMILES string of the molecule is CCCCCC/C=C\CCCCCCCCCC(=O)O[C@H](COC(=O)CCC[C@@H](O)[C@H](O)/C=C/C=C/C=C\C=C\[C@H](O)CCCCC)COP(=O)(O)OC[C@H](N)C(=O)O. The molecule has 14 nitrogen and oxygen atoms in total. The van der Waals surface area contributed by atoms with E-state index < -0.39 is 76.0 Å². The largest absolute Gasteiger partial charge is 0.480 e. The molecule has 15 heteroatoms. The fourth-order valence-corrected chi connectivity index (χ4v) is 6.28. The molecule has 1 unspecified atom stereocenters. The summed E-state index contributed by atoms with van der Waals surface area (Å²) in [6, 6.07) is -1.57. The lowest BCUT2D eigenvalue weighted by Crippen LogP contribution is -2.34. The molecule has 0 aromatic heterocycles. The Hall–Kier alpha value is -2.94. The molecule has 0 aromatic rings. The fourth-order valence-electron chi connectivity index (χ4n) is 5.50. The molecule has 0 saturated carbocycles. The van der Waals surface area contributed by atoms with Gasteiger partial charge in [-0.3, -0.25) is 23.4 Å². The van der Waals surface area contributed by atoms with Crippen molar-refractivity contribution in [2.45, 2.75) is 179 Å². The van der Waals surface area contributed by atoms with Crippen molar-refractivity contribution in [1.29, 1.82) is 0 Å². The van der Waals surface area contributed by atoms with Crippen LogP contribution in [0, 0.1) is 0 Å². The Morgan fingerprint density at radius 3 is 1.78 bits per heavy atom. The molecule has 0 amide bonds. The quantitative estimate of drug-likeness (QED) is 0.0113. The molecule has 0 rings (SSSR count). The van der Waals surface area contributed by atoms with Crippen LogP contribution in [-0.2, 0) is 37.5 Å². The van der Waals surface area contributed by atoms with Gasteiger partial charge in [-0.25, -0.2) is 4.57 Å². The van der Waals surface area contributed by atoms with Gasteiger partial charge in [0.05, 0.1) is 31.5 Å². The second-order valence-electron chi connectivity index (χ2n) is 14.7. The minimum atomic E-state index is -4.80. The Bertz CT molecular complexity index is 1290. The molecule has 7 N–H and O–H groups in total. The third-order valence-corrected chi connectivity index (χ3v) is 10.1. The molecule has 0 fully saturated rings. The summed E-state index contributed by atoms with van der Waals surface area (Å²) >= 11 is 0. The van der Waals surface area contributed by atoms with Crippen LogP contribution < -0.4 is 5.73 Å². The molecule has 0 radical (unpaired) electrons.